The first kappa shape index (κ1) is 18.2. The van der Waals surface area contributed by atoms with Crippen LogP contribution >= 0.6 is 11.6 Å². The Balaban J connectivity index is 1.73. The van der Waals surface area contributed by atoms with E-state index in [4.69, 9.17) is 26.2 Å². The number of rotatable bonds is 4. The molecule has 0 unspecified atom stereocenters. The first-order valence-electron chi connectivity index (χ1n) is 7.54. The van der Waals surface area contributed by atoms with Gasteiger partial charge in [-0.25, -0.2) is 13.6 Å². The third-order valence-electron chi connectivity index (χ3n) is 3.48. The molecule has 7 nitrogen and oxygen atoms in total. The summed E-state index contributed by atoms with van der Waals surface area (Å²) in [5, 5.41) is 8.03. The zero-order valence-corrected chi connectivity index (χ0v) is 15.0. The van der Waals surface area contributed by atoms with Crippen molar-refractivity contribution in [2.24, 2.45) is 5.14 Å². The van der Waals surface area contributed by atoms with Crippen LogP contribution in [0.15, 0.2) is 47.4 Å². The van der Waals surface area contributed by atoms with Crippen molar-refractivity contribution in [3.63, 3.8) is 0 Å². The Morgan fingerprint density at radius 3 is 2.73 bits per heavy atom. The Hall–Kier alpha value is -2.55. The number of primary sulfonamides is 1. The van der Waals surface area contributed by atoms with E-state index in [0.717, 1.165) is 0 Å². The lowest BCUT2D eigenvalue weighted by Crippen LogP contribution is -2.15. The quantitative estimate of drug-likeness (QED) is 0.774. The summed E-state index contributed by atoms with van der Waals surface area (Å²) < 4.78 is 33.6. The average molecular weight is 395 g/mol. The van der Waals surface area contributed by atoms with E-state index < -0.39 is 15.9 Å². The van der Waals surface area contributed by atoms with Gasteiger partial charge in [0.2, 0.25) is 15.9 Å². The van der Waals surface area contributed by atoms with Gasteiger partial charge in [-0.2, -0.15) is 0 Å². The Morgan fingerprint density at radius 1 is 1.19 bits per heavy atom. The molecular formula is C17H15ClN2O5S. The second kappa shape index (κ2) is 7.36. The predicted molar refractivity (Wildman–Crippen MR) is 97.9 cm³/mol. The van der Waals surface area contributed by atoms with Crippen LogP contribution in [0.5, 0.6) is 11.5 Å². The number of hydrogen-bond donors (Lipinski definition) is 2. The van der Waals surface area contributed by atoms with Crippen molar-refractivity contribution < 1.29 is 22.7 Å². The molecule has 26 heavy (non-hydrogen) atoms. The predicted octanol–water partition coefficient (Wildman–Crippen LogP) is 2.41. The van der Waals surface area contributed by atoms with E-state index in [9.17, 15) is 13.2 Å². The van der Waals surface area contributed by atoms with Gasteiger partial charge in [0.05, 0.1) is 9.92 Å². The zero-order valence-electron chi connectivity index (χ0n) is 13.4. The number of hydrogen-bond acceptors (Lipinski definition) is 5. The van der Waals surface area contributed by atoms with Crippen LogP contribution in [-0.4, -0.2) is 27.5 Å². The van der Waals surface area contributed by atoms with Gasteiger partial charge >= 0.3 is 0 Å². The van der Waals surface area contributed by atoms with E-state index in [0.29, 0.717) is 41.0 Å². The Bertz CT molecular complexity index is 989. The molecule has 0 spiro atoms. The summed E-state index contributed by atoms with van der Waals surface area (Å²) in [4.78, 5) is 12.0. The monoisotopic (exact) mass is 394 g/mol. The van der Waals surface area contributed by atoms with E-state index in [1.165, 1.54) is 24.3 Å². The minimum absolute atomic E-state index is 0.0853. The molecule has 0 atom stereocenters. The van der Waals surface area contributed by atoms with Gasteiger partial charge in [0, 0.05) is 11.8 Å². The summed E-state index contributed by atoms with van der Waals surface area (Å²) in [5.74, 6) is 0.562. The van der Waals surface area contributed by atoms with Crippen LogP contribution in [0.1, 0.15) is 5.56 Å². The van der Waals surface area contributed by atoms with Crippen molar-refractivity contribution in [2.75, 3.05) is 18.5 Å². The van der Waals surface area contributed by atoms with Crippen LogP contribution < -0.4 is 19.9 Å². The molecule has 0 bridgehead atoms. The molecule has 0 fully saturated rings. The fraction of sp³-hybridized carbons (Fsp3) is 0.118. The summed E-state index contributed by atoms with van der Waals surface area (Å²) in [6.45, 7) is 0.860. The summed E-state index contributed by atoms with van der Waals surface area (Å²) >= 11 is 6.14. The van der Waals surface area contributed by atoms with Crippen molar-refractivity contribution in [1.29, 1.82) is 0 Å². The summed E-state index contributed by atoms with van der Waals surface area (Å²) in [7, 11) is -3.84. The standard InChI is InChI=1S/C17H15ClN2O5S/c18-14-8-11(9-15-17(14)25-7-6-24-15)4-5-16(21)20-12-2-1-3-13(10-12)26(19,22)23/h1-5,8-10H,6-7H2,(H,20,21)(H2,19,22,23)/b5-4+. The van der Waals surface area contributed by atoms with Gasteiger partial charge < -0.3 is 14.8 Å². The number of nitrogens with one attached hydrogen (secondary N) is 1. The van der Waals surface area contributed by atoms with Gasteiger partial charge in [-0.05, 0) is 42.0 Å². The molecule has 0 radical (unpaired) electrons. The number of amides is 1. The minimum Gasteiger partial charge on any atom is -0.486 e. The number of ether oxygens (including phenoxy) is 2. The van der Waals surface area contributed by atoms with Gasteiger partial charge in [0.25, 0.3) is 0 Å². The highest BCUT2D eigenvalue weighted by Gasteiger charge is 2.16. The molecule has 136 valence electrons. The first-order valence-corrected chi connectivity index (χ1v) is 9.46. The molecule has 0 aliphatic carbocycles. The third-order valence-corrected chi connectivity index (χ3v) is 4.67. The fourth-order valence-corrected chi connectivity index (χ4v) is 3.17. The smallest absolute Gasteiger partial charge is 0.248 e. The number of carbonyl (C=O) groups is 1. The van der Waals surface area contributed by atoms with Crippen LogP contribution in [0.2, 0.25) is 5.02 Å². The van der Waals surface area contributed by atoms with E-state index in [-0.39, 0.29) is 4.90 Å². The van der Waals surface area contributed by atoms with Gasteiger partial charge in [-0.3, -0.25) is 4.79 Å². The largest absolute Gasteiger partial charge is 0.486 e. The highest BCUT2D eigenvalue weighted by Crippen LogP contribution is 2.38. The van der Waals surface area contributed by atoms with Crippen LogP contribution in [0, 0.1) is 0 Å². The molecule has 1 heterocycles. The van der Waals surface area contributed by atoms with E-state index >= 15 is 0 Å². The minimum atomic E-state index is -3.84. The summed E-state index contributed by atoms with van der Waals surface area (Å²) in [5.41, 5.74) is 0.971. The molecule has 9 heteroatoms. The lowest BCUT2D eigenvalue weighted by Gasteiger charge is -2.19. The molecule has 1 aliphatic rings. The van der Waals surface area contributed by atoms with Crippen molar-refractivity contribution in [2.45, 2.75) is 4.90 Å². The lowest BCUT2D eigenvalue weighted by atomic mass is 10.1. The normalized spacial score (nSPS) is 13.6. The Morgan fingerprint density at radius 2 is 1.96 bits per heavy atom. The zero-order chi connectivity index (χ0) is 18.7. The average Bonchev–Trinajstić information content (AvgIpc) is 2.59. The van der Waals surface area contributed by atoms with E-state index in [1.54, 1.807) is 24.3 Å². The molecular weight excluding hydrogens is 380 g/mol. The molecule has 0 aromatic heterocycles. The van der Waals surface area contributed by atoms with Gasteiger partial charge in [-0.15, -0.1) is 0 Å². The maximum absolute atomic E-state index is 12.1. The number of benzene rings is 2. The molecule has 2 aromatic carbocycles. The second-order valence-corrected chi connectivity index (χ2v) is 7.39. The molecule has 2 aromatic rings. The number of carbonyl (C=O) groups excluding carboxylic acids is 1. The van der Waals surface area contributed by atoms with Crippen LogP contribution in [0.4, 0.5) is 5.69 Å². The number of halogens is 1. The van der Waals surface area contributed by atoms with Crippen LogP contribution in [-0.2, 0) is 14.8 Å². The van der Waals surface area contributed by atoms with Gasteiger partial charge in [-0.1, -0.05) is 17.7 Å². The Labute approximate surface area is 155 Å². The highest BCUT2D eigenvalue weighted by atomic mass is 35.5. The SMILES string of the molecule is NS(=O)(=O)c1cccc(NC(=O)/C=C/c2cc(Cl)c3c(c2)OCCO3)c1. The molecule has 0 saturated carbocycles. The third kappa shape index (κ3) is 4.34. The topological polar surface area (TPSA) is 108 Å². The first-order chi connectivity index (χ1) is 12.3. The van der Waals surface area contributed by atoms with Crippen molar-refractivity contribution >= 4 is 39.3 Å². The molecule has 3 N–H and O–H groups in total. The molecule has 0 saturated heterocycles. The number of sulfonamides is 1. The second-order valence-electron chi connectivity index (χ2n) is 5.42. The highest BCUT2D eigenvalue weighted by molar-refractivity contribution is 7.89. The summed E-state index contributed by atoms with van der Waals surface area (Å²) in [6.07, 6.45) is 2.86. The Kier molecular flexibility index (Phi) is 5.17. The van der Waals surface area contributed by atoms with Gasteiger partial charge in [0.15, 0.2) is 11.5 Å². The number of nitrogens with two attached hydrogens (primary N) is 1. The van der Waals surface area contributed by atoms with Crippen LogP contribution in [0.3, 0.4) is 0 Å². The van der Waals surface area contributed by atoms with Crippen molar-refractivity contribution in [3.05, 3.63) is 53.1 Å². The van der Waals surface area contributed by atoms with Gasteiger partial charge in [0.1, 0.15) is 13.2 Å². The van der Waals surface area contributed by atoms with E-state index in [2.05, 4.69) is 5.32 Å². The van der Waals surface area contributed by atoms with Crippen molar-refractivity contribution in [1.82, 2.24) is 0 Å². The van der Waals surface area contributed by atoms with E-state index in [1.807, 2.05) is 0 Å². The van der Waals surface area contributed by atoms with Crippen molar-refractivity contribution in [3.8, 4) is 11.5 Å². The maximum Gasteiger partial charge on any atom is 0.248 e. The maximum atomic E-state index is 12.1. The number of anilines is 1. The van der Waals surface area contributed by atoms with Crippen LogP contribution in [0.25, 0.3) is 6.08 Å². The molecule has 1 aliphatic heterocycles. The molecule has 1 amide bonds. The summed E-state index contributed by atoms with van der Waals surface area (Å²) in [6, 6.07) is 9.04. The number of fused-ring (bicyclic) bond motifs is 1. The molecule has 3 rings (SSSR count). The fourth-order valence-electron chi connectivity index (χ4n) is 2.33. The lowest BCUT2D eigenvalue weighted by molar-refractivity contribution is -0.111.